The first-order valence-corrected chi connectivity index (χ1v) is 8.77. The molecule has 0 fully saturated rings. The Morgan fingerprint density at radius 1 is 1.15 bits per heavy atom. The number of amides is 1. The number of fused-ring (bicyclic) bond motifs is 1. The van der Waals surface area contributed by atoms with Crippen molar-refractivity contribution in [2.75, 3.05) is 6.54 Å². The van der Waals surface area contributed by atoms with Crippen molar-refractivity contribution in [1.82, 2.24) is 9.88 Å². The molecule has 5 nitrogen and oxygen atoms in total. The van der Waals surface area contributed by atoms with Crippen LogP contribution in [-0.4, -0.2) is 22.3 Å². The number of furan rings is 1. The maximum Gasteiger partial charge on any atom is 0.248 e. The van der Waals surface area contributed by atoms with Gasteiger partial charge in [-0.05, 0) is 35.2 Å². The Bertz CT molecular complexity index is 945. The Morgan fingerprint density at radius 3 is 2.77 bits per heavy atom. The van der Waals surface area contributed by atoms with Crippen molar-refractivity contribution in [3.63, 3.8) is 0 Å². The molecule has 0 bridgehead atoms. The fourth-order valence-electron chi connectivity index (χ4n) is 3.54. The Balaban J connectivity index is 1.54. The van der Waals surface area contributed by atoms with Gasteiger partial charge in [0, 0.05) is 31.8 Å². The summed E-state index contributed by atoms with van der Waals surface area (Å²) in [4.78, 5) is 29.0. The van der Waals surface area contributed by atoms with E-state index in [2.05, 4.69) is 4.98 Å². The number of aromatic nitrogens is 1. The Kier molecular flexibility index (Phi) is 4.44. The lowest BCUT2D eigenvalue weighted by Gasteiger charge is -2.29. The Hall–Kier alpha value is -3.08. The number of benzene rings is 1. The zero-order valence-corrected chi connectivity index (χ0v) is 14.4. The SMILES string of the molecule is O=C(CC(c1ccccc1)c1ccco1)N1CCc2cc(=O)[nH]cc2C1. The van der Waals surface area contributed by atoms with E-state index in [-0.39, 0.29) is 17.4 Å². The summed E-state index contributed by atoms with van der Waals surface area (Å²) in [5.74, 6) is 0.786. The molecule has 1 atom stereocenters. The van der Waals surface area contributed by atoms with E-state index in [0.29, 0.717) is 25.9 Å². The summed E-state index contributed by atoms with van der Waals surface area (Å²) in [5.41, 5.74) is 3.02. The number of hydrogen-bond donors (Lipinski definition) is 1. The van der Waals surface area contributed by atoms with Crippen LogP contribution in [0.4, 0.5) is 0 Å². The minimum absolute atomic E-state index is 0.0899. The molecular formula is C21H20N2O3. The third-order valence-corrected chi connectivity index (χ3v) is 4.94. The molecule has 0 aliphatic carbocycles. The van der Waals surface area contributed by atoms with Gasteiger partial charge in [0.2, 0.25) is 11.5 Å². The number of rotatable bonds is 4. The lowest BCUT2D eigenvalue weighted by molar-refractivity contribution is -0.132. The molecule has 2 aromatic heterocycles. The van der Waals surface area contributed by atoms with E-state index in [9.17, 15) is 9.59 Å². The van der Waals surface area contributed by atoms with Gasteiger partial charge in [-0.15, -0.1) is 0 Å². The summed E-state index contributed by atoms with van der Waals surface area (Å²) in [7, 11) is 0. The van der Waals surface area contributed by atoms with Gasteiger partial charge in [0.15, 0.2) is 0 Å². The molecule has 1 aliphatic heterocycles. The molecule has 1 aromatic carbocycles. The molecule has 1 aliphatic rings. The lowest BCUT2D eigenvalue weighted by atomic mass is 9.92. The van der Waals surface area contributed by atoms with E-state index in [1.807, 2.05) is 47.4 Å². The van der Waals surface area contributed by atoms with Crippen LogP contribution in [0.5, 0.6) is 0 Å². The first-order valence-electron chi connectivity index (χ1n) is 8.77. The molecule has 5 heteroatoms. The zero-order chi connectivity index (χ0) is 17.9. The number of pyridine rings is 1. The van der Waals surface area contributed by atoms with E-state index in [4.69, 9.17) is 4.42 Å². The molecule has 0 saturated heterocycles. The van der Waals surface area contributed by atoms with Crippen LogP contribution < -0.4 is 5.56 Å². The predicted molar refractivity (Wildman–Crippen MR) is 97.8 cm³/mol. The number of hydrogen-bond acceptors (Lipinski definition) is 3. The number of carbonyl (C=O) groups is 1. The molecule has 0 saturated carbocycles. The van der Waals surface area contributed by atoms with Gasteiger partial charge in [-0.2, -0.15) is 0 Å². The molecule has 3 heterocycles. The highest BCUT2D eigenvalue weighted by molar-refractivity contribution is 5.78. The summed E-state index contributed by atoms with van der Waals surface area (Å²) < 4.78 is 5.60. The molecule has 1 unspecified atom stereocenters. The summed E-state index contributed by atoms with van der Waals surface area (Å²) in [6.45, 7) is 1.17. The second kappa shape index (κ2) is 7.04. The van der Waals surface area contributed by atoms with Gasteiger partial charge in [-0.1, -0.05) is 30.3 Å². The van der Waals surface area contributed by atoms with Crippen LogP contribution in [-0.2, 0) is 17.8 Å². The summed E-state index contributed by atoms with van der Waals surface area (Å²) >= 11 is 0. The van der Waals surface area contributed by atoms with Crippen LogP contribution in [0.25, 0.3) is 0 Å². The number of carbonyl (C=O) groups excluding carboxylic acids is 1. The quantitative estimate of drug-likeness (QED) is 0.788. The number of nitrogens with one attached hydrogen (secondary N) is 1. The number of H-pyrrole nitrogens is 1. The highest BCUT2D eigenvalue weighted by atomic mass is 16.3. The highest BCUT2D eigenvalue weighted by Crippen LogP contribution is 2.30. The second-order valence-electron chi connectivity index (χ2n) is 6.60. The molecule has 0 radical (unpaired) electrons. The first kappa shape index (κ1) is 16.4. The van der Waals surface area contributed by atoms with E-state index in [0.717, 1.165) is 22.5 Å². The summed E-state index contributed by atoms with van der Waals surface area (Å²) in [6.07, 6.45) is 4.43. The van der Waals surface area contributed by atoms with Crippen molar-refractivity contribution in [2.45, 2.75) is 25.3 Å². The van der Waals surface area contributed by atoms with Crippen molar-refractivity contribution < 1.29 is 9.21 Å². The third kappa shape index (κ3) is 3.33. The fourth-order valence-corrected chi connectivity index (χ4v) is 3.54. The van der Waals surface area contributed by atoms with Gasteiger partial charge in [-0.25, -0.2) is 0 Å². The topological polar surface area (TPSA) is 66.3 Å². The number of aromatic amines is 1. The van der Waals surface area contributed by atoms with E-state index >= 15 is 0 Å². The largest absolute Gasteiger partial charge is 0.469 e. The second-order valence-corrected chi connectivity index (χ2v) is 6.60. The van der Waals surface area contributed by atoms with Crippen molar-refractivity contribution in [3.05, 3.63) is 93.8 Å². The van der Waals surface area contributed by atoms with Crippen molar-refractivity contribution in [1.29, 1.82) is 0 Å². The van der Waals surface area contributed by atoms with Crippen LogP contribution in [0.2, 0.25) is 0 Å². The lowest BCUT2D eigenvalue weighted by Crippen LogP contribution is -2.37. The van der Waals surface area contributed by atoms with Crippen LogP contribution >= 0.6 is 0 Å². The molecule has 4 rings (SSSR count). The predicted octanol–water partition coefficient (Wildman–Crippen LogP) is 3.07. The average molecular weight is 348 g/mol. The first-order chi connectivity index (χ1) is 12.7. The monoisotopic (exact) mass is 348 g/mol. The average Bonchev–Trinajstić information content (AvgIpc) is 3.20. The third-order valence-electron chi connectivity index (χ3n) is 4.94. The van der Waals surface area contributed by atoms with Gasteiger partial charge in [0.1, 0.15) is 5.76 Å². The molecule has 3 aromatic rings. The fraction of sp³-hybridized carbons (Fsp3) is 0.238. The van der Waals surface area contributed by atoms with Crippen LogP contribution in [0.15, 0.2) is 70.2 Å². The minimum atomic E-state index is -0.101. The van der Waals surface area contributed by atoms with E-state index in [1.54, 1.807) is 18.5 Å². The van der Waals surface area contributed by atoms with Crippen LogP contribution in [0.3, 0.4) is 0 Å². The van der Waals surface area contributed by atoms with E-state index < -0.39 is 0 Å². The molecule has 26 heavy (non-hydrogen) atoms. The summed E-state index contributed by atoms with van der Waals surface area (Å²) in [6, 6.07) is 15.4. The molecular weight excluding hydrogens is 328 g/mol. The van der Waals surface area contributed by atoms with Gasteiger partial charge in [0.05, 0.1) is 12.2 Å². The van der Waals surface area contributed by atoms with Crippen LogP contribution in [0.1, 0.15) is 34.8 Å². The molecule has 0 spiro atoms. The minimum Gasteiger partial charge on any atom is -0.469 e. The van der Waals surface area contributed by atoms with Crippen molar-refractivity contribution >= 4 is 5.91 Å². The van der Waals surface area contributed by atoms with Gasteiger partial charge >= 0.3 is 0 Å². The summed E-state index contributed by atoms with van der Waals surface area (Å²) in [5, 5.41) is 0. The van der Waals surface area contributed by atoms with Gasteiger partial charge < -0.3 is 14.3 Å². The standard InChI is InChI=1S/C21H20N2O3/c24-20-11-16-8-9-23(14-17(16)13-22-20)21(25)12-18(19-7-4-10-26-19)15-5-2-1-3-6-15/h1-7,10-11,13,18H,8-9,12,14H2,(H,22,24). The maximum atomic E-state index is 13.0. The van der Waals surface area contributed by atoms with Crippen molar-refractivity contribution in [2.24, 2.45) is 0 Å². The normalized spacial score (nSPS) is 14.7. The molecule has 132 valence electrons. The van der Waals surface area contributed by atoms with Gasteiger partial charge in [-0.3, -0.25) is 9.59 Å². The molecule has 1 amide bonds. The van der Waals surface area contributed by atoms with E-state index in [1.165, 1.54) is 0 Å². The maximum absolute atomic E-state index is 13.0. The van der Waals surface area contributed by atoms with Gasteiger partial charge in [0.25, 0.3) is 0 Å². The Labute approximate surface area is 151 Å². The van der Waals surface area contributed by atoms with Crippen LogP contribution in [0, 0.1) is 0 Å². The Morgan fingerprint density at radius 2 is 2.00 bits per heavy atom. The van der Waals surface area contributed by atoms with Crippen molar-refractivity contribution in [3.8, 4) is 0 Å². The smallest absolute Gasteiger partial charge is 0.248 e. The highest BCUT2D eigenvalue weighted by Gasteiger charge is 2.26. The zero-order valence-electron chi connectivity index (χ0n) is 14.4. The molecule has 1 N–H and O–H groups in total. The number of nitrogens with zero attached hydrogens (tertiary/aromatic N) is 1.